The minimum absolute atomic E-state index is 0.159. The fourth-order valence-electron chi connectivity index (χ4n) is 1.12. The first-order valence-corrected chi connectivity index (χ1v) is 3.86. The van der Waals surface area contributed by atoms with Gasteiger partial charge in [0.2, 0.25) is 0 Å². The predicted molar refractivity (Wildman–Crippen MR) is 48.2 cm³/mol. The maximum atomic E-state index is 10.8. The summed E-state index contributed by atoms with van der Waals surface area (Å²) in [5.74, 6) is 0.155. The second-order valence-corrected chi connectivity index (χ2v) is 2.68. The van der Waals surface area contributed by atoms with Crippen LogP contribution in [-0.2, 0) is 4.79 Å². The number of primary amides is 1. The summed E-state index contributed by atoms with van der Waals surface area (Å²) in [6, 6.07) is 7.26. The van der Waals surface area contributed by atoms with Gasteiger partial charge in [0.25, 0.3) is 5.91 Å². The zero-order valence-electron chi connectivity index (χ0n) is 6.86. The molecule has 66 valence electrons. The molecule has 0 aromatic heterocycles. The smallest absolute Gasteiger partial charge is 0.266 e. The largest absolute Gasteiger partial charge is 0.485 e. The van der Waals surface area contributed by atoms with E-state index in [4.69, 9.17) is 10.5 Å². The second kappa shape index (κ2) is 2.90. The number of nitrogens with zero attached hydrogens (tertiary/aromatic N) is 1. The summed E-state index contributed by atoms with van der Waals surface area (Å²) < 4.78 is 5.27. The number of carbonyl (C=O) groups excluding carboxylic acids is 1. The molecule has 0 bridgehead atoms. The summed E-state index contributed by atoms with van der Waals surface area (Å²) in [5.41, 5.74) is 5.99. The Bertz CT molecular complexity index is 385. The van der Waals surface area contributed by atoms with E-state index in [0.717, 1.165) is 0 Å². The zero-order chi connectivity index (χ0) is 9.26. The molecule has 0 saturated heterocycles. The van der Waals surface area contributed by atoms with Crippen LogP contribution >= 0.6 is 0 Å². The molecule has 2 N–H and O–H groups in total. The van der Waals surface area contributed by atoms with Crippen LogP contribution in [0, 0.1) is 0 Å². The highest BCUT2D eigenvalue weighted by molar-refractivity contribution is 6.39. The van der Waals surface area contributed by atoms with Gasteiger partial charge < -0.3 is 10.5 Å². The van der Waals surface area contributed by atoms with Crippen LogP contribution < -0.4 is 10.5 Å². The number of hydrogen-bond donors (Lipinski definition) is 1. The van der Waals surface area contributed by atoms with E-state index in [0.29, 0.717) is 11.4 Å². The maximum absolute atomic E-state index is 10.8. The Morgan fingerprint density at radius 2 is 2.23 bits per heavy atom. The average molecular weight is 176 g/mol. The van der Waals surface area contributed by atoms with Crippen LogP contribution in [0.2, 0.25) is 0 Å². The van der Waals surface area contributed by atoms with Gasteiger partial charge in [0.15, 0.2) is 0 Å². The minimum Gasteiger partial charge on any atom is -0.485 e. The number of ether oxygens (including phenoxy) is 1. The van der Waals surface area contributed by atoms with Gasteiger partial charge in [-0.05, 0) is 12.1 Å². The average Bonchev–Trinajstić information content (AvgIpc) is 2.17. The molecule has 1 aliphatic heterocycles. The predicted octanol–water partition coefficient (Wildman–Crippen LogP) is 0.637. The van der Waals surface area contributed by atoms with E-state index < -0.39 is 5.91 Å². The molecule has 1 amide bonds. The van der Waals surface area contributed by atoms with Gasteiger partial charge in [-0.15, -0.1) is 0 Å². The summed E-state index contributed by atoms with van der Waals surface area (Å²) in [6.07, 6.45) is 0. The Kier molecular flexibility index (Phi) is 1.73. The first kappa shape index (κ1) is 7.79. The number of fused-ring (bicyclic) bond motifs is 1. The van der Waals surface area contributed by atoms with Crippen molar-refractivity contribution < 1.29 is 9.53 Å². The van der Waals surface area contributed by atoms with E-state index >= 15 is 0 Å². The summed E-state index contributed by atoms with van der Waals surface area (Å²) in [7, 11) is 0. The van der Waals surface area contributed by atoms with Crippen molar-refractivity contribution in [3.8, 4) is 5.75 Å². The van der Waals surface area contributed by atoms with E-state index in [-0.39, 0.29) is 12.3 Å². The number of benzene rings is 1. The standard InChI is InChI=1S/C9H8N2O2/c10-9(12)7-5-13-8-4-2-1-3-6(8)11-7/h1-4H,5H2,(H2,10,12). The summed E-state index contributed by atoms with van der Waals surface area (Å²) in [5, 5.41) is 0. The summed E-state index contributed by atoms with van der Waals surface area (Å²) >= 11 is 0. The van der Waals surface area contributed by atoms with Gasteiger partial charge in [-0.2, -0.15) is 0 Å². The number of hydrogen-bond acceptors (Lipinski definition) is 3. The van der Waals surface area contributed by atoms with Gasteiger partial charge in [0.05, 0.1) is 0 Å². The van der Waals surface area contributed by atoms with Gasteiger partial charge in [-0.1, -0.05) is 12.1 Å². The van der Waals surface area contributed by atoms with Crippen LogP contribution in [0.3, 0.4) is 0 Å². The van der Waals surface area contributed by atoms with Gasteiger partial charge in [0, 0.05) is 0 Å². The van der Waals surface area contributed by atoms with Gasteiger partial charge in [-0.3, -0.25) is 4.79 Å². The molecule has 1 aromatic rings. The van der Waals surface area contributed by atoms with Crippen LogP contribution in [0.5, 0.6) is 5.75 Å². The highest BCUT2D eigenvalue weighted by Crippen LogP contribution is 2.29. The Hall–Kier alpha value is -1.84. The third-order valence-corrected chi connectivity index (χ3v) is 1.77. The molecule has 4 heteroatoms. The van der Waals surface area contributed by atoms with Crippen LogP contribution in [0.25, 0.3) is 0 Å². The first-order chi connectivity index (χ1) is 6.27. The molecule has 0 aliphatic carbocycles. The molecule has 1 heterocycles. The number of para-hydroxylation sites is 2. The lowest BCUT2D eigenvalue weighted by Crippen LogP contribution is -2.30. The molecule has 13 heavy (non-hydrogen) atoms. The van der Waals surface area contributed by atoms with E-state index in [1.165, 1.54) is 0 Å². The Balaban J connectivity index is 2.44. The number of rotatable bonds is 1. The molecular formula is C9H8N2O2. The number of aliphatic imine (C=N–C) groups is 1. The normalized spacial score (nSPS) is 14.0. The van der Waals surface area contributed by atoms with E-state index in [1.54, 1.807) is 12.1 Å². The monoisotopic (exact) mass is 176 g/mol. The van der Waals surface area contributed by atoms with Gasteiger partial charge >= 0.3 is 0 Å². The van der Waals surface area contributed by atoms with E-state index in [9.17, 15) is 4.79 Å². The second-order valence-electron chi connectivity index (χ2n) is 2.68. The van der Waals surface area contributed by atoms with Crippen LogP contribution in [-0.4, -0.2) is 18.2 Å². The van der Waals surface area contributed by atoms with Crippen molar-refractivity contribution in [1.29, 1.82) is 0 Å². The van der Waals surface area contributed by atoms with Gasteiger partial charge in [0.1, 0.15) is 23.8 Å². The molecule has 1 aromatic carbocycles. The number of nitrogens with two attached hydrogens (primary N) is 1. The van der Waals surface area contributed by atoms with Crippen molar-refractivity contribution in [2.24, 2.45) is 10.7 Å². The fourth-order valence-corrected chi connectivity index (χ4v) is 1.12. The number of amides is 1. The SMILES string of the molecule is NC(=O)C1=Nc2ccccc2OC1. The highest BCUT2D eigenvalue weighted by Gasteiger charge is 2.15. The quantitative estimate of drug-likeness (QED) is 0.682. The molecule has 2 rings (SSSR count). The topological polar surface area (TPSA) is 64.7 Å². The Morgan fingerprint density at radius 3 is 3.00 bits per heavy atom. The molecule has 1 aliphatic rings. The van der Waals surface area contributed by atoms with E-state index in [2.05, 4.69) is 4.99 Å². The van der Waals surface area contributed by atoms with Crippen LogP contribution in [0.15, 0.2) is 29.3 Å². The molecule has 4 nitrogen and oxygen atoms in total. The number of carbonyl (C=O) groups is 1. The molecule has 0 fully saturated rings. The maximum Gasteiger partial charge on any atom is 0.266 e. The van der Waals surface area contributed by atoms with Crippen molar-refractivity contribution in [3.63, 3.8) is 0 Å². The molecule has 0 spiro atoms. The highest BCUT2D eigenvalue weighted by atomic mass is 16.5. The Labute approximate surface area is 75.0 Å². The van der Waals surface area contributed by atoms with Crippen LogP contribution in [0.1, 0.15) is 0 Å². The Morgan fingerprint density at radius 1 is 1.46 bits per heavy atom. The lowest BCUT2D eigenvalue weighted by Gasteiger charge is -2.14. The van der Waals surface area contributed by atoms with Gasteiger partial charge in [-0.25, -0.2) is 4.99 Å². The molecule has 0 saturated carbocycles. The van der Waals surface area contributed by atoms with Crippen molar-refractivity contribution in [2.75, 3.05) is 6.61 Å². The molecule has 0 unspecified atom stereocenters. The lowest BCUT2D eigenvalue weighted by molar-refractivity contribution is -0.112. The van der Waals surface area contributed by atoms with Crippen molar-refractivity contribution in [3.05, 3.63) is 24.3 Å². The molecule has 0 radical (unpaired) electrons. The first-order valence-electron chi connectivity index (χ1n) is 3.86. The van der Waals surface area contributed by atoms with Crippen molar-refractivity contribution in [2.45, 2.75) is 0 Å². The molecular weight excluding hydrogens is 168 g/mol. The van der Waals surface area contributed by atoms with E-state index in [1.807, 2.05) is 12.1 Å². The minimum atomic E-state index is -0.533. The van der Waals surface area contributed by atoms with Crippen molar-refractivity contribution >= 4 is 17.3 Å². The van der Waals surface area contributed by atoms with Crippen molar-refractivity contribution in [1.82, 2.24) is 0 Å². The zero-order valence-corrected chi connectivity index (χ0v) is 6.86. The lowest BCUT2D eigenvalue weighted by atomic mass is 10.2. The molecule has 0 atom stereocenters. The van der Waals surface area contributed by atoms with Crippen LogP contribution in [0.4, 0.5) is 5.69 Å². The fraction of sp³-hybridized carbons (Fsp3) is 0.111. The third-order valence-electron chi connectivity index (χ3n) is 1.77. The third kappa shape index (κ3) is 1.38. The summed E-state index contributed by atoms with van der Waals surface area (Å²) in [6.45, 7) is 0.159. The summed E-state index contributed by atoms with van der Waals surface area (Å²) in [4.78, 5) is 14.8.